The number of hydrogen-bond acceptors (Lipinski definition) is 6. The van der Waals surface area contributed by atoms with Gasteiger partial charge in [0, 0.05) is 36.9 Å². The molecule has 0 unspecified atom stereocenters. The number of aromatic nitrogens is 4. The van der Waals surface area contributed by atoms with Gasteiger partial charge in [0.05, 0.1) is 0 Å². The first-order chi connectivity index (χ1) is 9.63. The van der Waals surface area contributed by atoms with Crippen molar-refractivity contribution in [3.05, 3.63) is 61.7 Å². The van der Waals surface area contributed by atoms with Crippen molar-refractivity contribution in [3.63, 3.8) is 0 Å². The molecule has 2 N–H and O–H groups in total. The predicted molar refractivity (Wildman–Crippen MR) is 68.5 cm³/mol. The van der Waals surface area contributed by atoms with E-state index in [2.05, 4.69) is 19.9 Å². The highest BCUT2D eigenvalue weighted by Crippen LogP contribution is 1.70. The maximum atomic E-state index is 9.55. The third-order valence-corrected chi connectivity index (χ3v) is 1.32. The highest BCUT2D eigenvalue weighted by Gasteiger charge is 1.88. The van der Waals surface area contributed by atoms with Crippen LogP contribution in [0.4, 0.5) is 0 Å². The Kier molecular flexibility index (Phi) is 10.4. The van der Waals surface area contributed by atoms with Crippen molar-refractivity contribution in [2.45, 2.75) is 0 Å². The van der Waals surface area contributed by atoms with E-state index in [0.717, 1.165) is 0 Å². The summed E-state index contributed by atoms with van der Waals surface area (Å²) in [4.78, 5) is 33.8. The minimum atomic E-state index is -1.26. The van der Waals surface area contributed by atoms with Gasteiger partial charge in [0.15, 0.2) is 0 Å². The van der Waals surface area contributed by atoms with E-state index in [1.54, 1.807) is 36.9 Å². The molecule has 8 heteroatoms. The van der Waals surface area contributed by atoms with Crippen LogP contribution in [0.2, 0.25) is 0 Å². The SMILES string of the molecule is O=C(O)/C=C\C(=O)O.c1cncnc1.c1cncnc1. The molecule has 0 aromatic carbocycles. The molecule has 0 radical (unpaired) electrons. The van der Waals surface area contributed by atoms with Gasteiger partial charge in [-0.05, 0) is 12.1 Å². The van der Waals surface area contributed by atoms with Crippen molar-refractivity contribution < 1.29 is 19.8 Å². The Morgan fingerprint density at radius 3 is 1.10 bits per heavy atom. The molecule has 0 bridgehead atoms. The molecule has 0 spiro atoms. The summed E-state index contributed by atoms with van der Waals surface area (Å²) in [5.74, 6) is -2.51. The molecule has 2 aromatic heterocycles. The van der Waals surface area contributed by atoms with Gasteiger partial charge in [0.2, 0.25) is 0 Å². The van der Waals surface area contributed by atoms with Gasteiger partial charge in [-0.15, -0.1) is 0 Å². The molecule has 8 nitrogen and oxygen atoms in total. The smallest absolute Gasteiger partial charge is 0.328 e. The summed E-state index contributed by atoms with van der Waals surface area (Å²) in [6.45, 7) is 0. The monoisotopic (exact) mass is 276 g/mol. The number of aliphatic carboxylic acids is 2. The average molecular weight is 276 g/mol. The van der Waals surface area contributed by atoms with Crippen molar-refractivity contribution in [2.75, 3.05) is 0 Å². The third-order valence-electron chi connectivity index (χ3n) is 1.32. The van der Waals surface area contributed by atoms with Crippen molar-refractivity contribution in [2.24, 2.45) is 0 Å². The average Bonchev–Trinajstić information content (AvgIpc) is 2.50. The summed E-state index contributed by atoms with van der Waals surface area (Å²) in [6.07, 6.45) is 10.9. The van der Waals surface area contributed by atoms with Gasteiger partial charge in [-0.2, -0.15) is 0 Å². The van der Waals surface area contributed by atoms with Crippen LogP contribution >= 0.6 is 0 Å². The van der Waals surface area contributed by atoms with Crippen LogP contribution in [0.15, 0.2) is 61.7 Å². The Morgan fingerprint density at radius 1 is 0.700 bits per heavy atom. The number of nitrogens with zero attached hydrogens (tertiary/aromatic N) is 4. The summed E-state index contributed by atoms with van der Waals surface area (Å²) in [5, 5.41) is 15.6. The summed E-state index contributed by atoms with van der Waals surface area (Å²) in [7, 11) is 0. The zero-order valence-electron chi connectivity index (χ0n) is 10.3. The van der Waals surface area contributed by atoms with Gasteiger partial charge in [-0.3, -0.25) is 0 Å². The highest BCUT2D eigenvalue weighted by molar-refractivity contribution is 5.89. The second-order valence-corrected chi connectivity index (χ2v) is 2.82. The maximum absolute atomic E-state index is 9.55. The second kappa shape index (κ2) is 12.3. The zero-order valence-corrected chi connectivity index (χ0v) is 10.3. The maximum Gasteiger partial charge on any atom is 0.328 e. The van der Waals surface area contributed by atoms with Gasteiger partial charge >= 0.3 is 11.9 Å². The van der Waals surface area contributed by atoms with Crippen LogP contribution < -0.4 is 0 Å². The third kappa shape index (κ3) is 14.8. The normalized spacial score (nSPS) is 8.60. The van der Waals surface area contributed by atoms with Crippen LogP contribution in [-0.4, -0.2) is 42.1 Å². The molecule has 0 aliphatic carbocycles. The molecule has 0 amide bonds. The van der Waals surface area contributed by atoms with Crippen LogP contribution in [0.25, 0.3) is 0 Å². The number of rotatable bonds is 2. The Labute approximate surface area is 114 Å². The van der Waals surface area contributed by atoms with E-state index in [-0.39, 0.29) is 0 Å². The van der Waals surface area contributed by atoms with E-state index < -0.39 is 11.9 Å². The Bertz CT molecular complexity index is 404. The van der Waals surface area contributed by atoms with Gasteiger partial charge < -0.3 is 10.2 Å². The molecule has 104 valence electrons. The highest BCUT2D eigenvalue weighted by atomic mass is 16.4. The molecule has 0 saturated heterocycles. The van der Waals surface area contributed by atoms with E-state index in [1.165, 1.54) is 12.7 Å². The lowest BCUT2D eigenvalue weighted by molar-refractivity contribution is -0.134. The van der Waals surface area contributed by atoms with E-state index >= 15 is 0 Å². The first-order valence-corrected chi connectivity index (χ1v) is 5.17. The molecule has 0 aliphatic rings. The molecule has 0 fully saturated rings. The quantitative estimate of drug-likeness (QED) is 0.766. The summed E-state index contributed by atoms with van der Waals surface area (Å²) in [6, 6.07) is 3.56. The van der Waals surface area contributed by atoms with Gasteiger partial charge in [0.1, 0.15) is 12.7 Å². The number of carboxylic acid groups (broad SMARTS) is 2. The van der Waals surface area contributed by atoms with E-state index in [9.17, 15) is 9.59 Å². The summed E-state index contributed by atoms with van der Waals surface area (Å²) < 4.78 is 0. The molecular formula is C12H12N4O4. The molecule has 0 saturated carbocycles. The standard InChI is InChI=1S/2C4H4N2.C4H4O4/c2*1-2-5-4-6-3-1;5-3(6)1-2-4(7)8/h2*1-4H;1-2H,(H,5,6)(H,7,8)/b;;2-1-. The molecule has 2 aromatic rings. The summed E-state index contributed by atoms with van der Waals surface area (Å²) >= 11 is 0. The lowest BCUT2D eigenvalue weighted by Crippen LogP contribution is -1.91. The number of hydrogen-bond donors (Lipinski definition) is 2. The van der Waals surface area contributed by atoms with E-state index in [0.29, 0.717) is 12.2 Å². The fourth-order valence-corrected chi connectivity index (χ4v) is 0.649. The van der Waals surface area contributed by atoms with Crippen LogP contribution in [-0.2, 0) is 9.59 Å². The lowest BCUT2D eigenvalue weighted by atomic mass is 10.5. The topological polar surface area (TPSA) is 126 Å². The minimum Gasteiger partial charge on any atom is -0.478 e. The Morgan fingerprint density at radius 2 is 1.00 bits per heavy atom. The number of carbonyl (C=O) groups is 2. The Balaban J connectivity index is 0.000000274. The lowest BCUT2D eigenvalue weighted by Gasteiger charge is -1.74. The summed E-state index contributed by atoms with van der Waals surface area (Å²) in [5.41, 5.74) is 0. The Hall–Kier alpha value is -3.16. The van der Waals surface area contributed by atoms with Gasteiger partial charge in [-0.25, -0.2) is 29.5 Å². The van der Waals surface area contributed by atoms with Crippen molar-refractivity contribution in [1.82, 2.24) is 19.9 Å². The van der Waals surface area contributed by atoms with E-state index in [4.69, 9.17) is 10.2 Å². The minimum absolute atomic E-state index is 0.558. The van der Waals surface area contributed by atoms with Crippen LogP contribution in [0.1, 0.15) is 0 Å². The predicted octanol–water partition coefficient (Wildman–Crippen LogP) is 0.665. The molecule has 20 heavy (non-hydrogen) atoms. The molecule has 2 rings (SSSR count). The van der Waals surface area contributed by atoms with Crippen LogP contribution in [0.5, 0.6) is 0 Å². The van der Waals surface area contributed by atoms with Crippen LogP contribution in [0.3, 0.4) is 0 Å². The molecule has 2 heterocycles. The van der Waals surface area contributed by atoms with Crippen molar-refractivity contribution in [1.29, 1.82) is 0 Å². The van der Waals surface area contributed by atoms with Crippen molar-refractivity contribution in [3.8, 4) is 0 Å². The number of carboxylic acids is 2. The first kappa shape index (κ1) is 16.8. The second-order valence-electron chi connectivity index (χ2n) is 2.82. The zero-order chi connectivity index (χ0) is 15.1. The van der Waals surface area contributed by atoms with Crippen LogP contribution in [0, 0.1) is 0 Å². The van der Waals surface area contributed by atoms with Gasteiger partial charge in [-0.1, -0.05) is 0 Å². The van der Waals surface area contributed by atoms with Gasteiger partial charge in [0.25, 0.3) is 0 Å². The largest absolute Gasteiger partial charge is 0.478 e. The molecule has 0 aliphatic heterocycles. The van der Waals surface area contributed by atoms with Crippen molar-refractivity contribution >= 4 is 11.9 Å². The van der Waals surface area contributed by atoms with E-state index in [1.807, 2.05) is 0 Å². The fourth-order valence-electron chi connectivity index (χ4n) is 0.649. The first-order valence-electron chi connectivity index (χ1n) is 5.17. The fraction of sp³-hybridized carbons (Fsp3) is 0. The molecular weight excluding hydrogens is 264 g/mol. The molecule has 0 atom stereocenters.